The van der Waals surface area contributed by atoms with Gasteiger partial charge in [-0.3, -0.25) is 9.69 Å². The van der Waals surface area contributed by atoms with Crippen LogP contribution in [-0.4, -0.2) is 41.9 Å². The molecule has 0 radical (unpaired) electrons. The predicted molar refractivity (Wildman–Crippen MR) is 137 cm³/mol. The third-order valence-electron chi connectivity index (χ3n) is 6.04. The summed E-state index contributed by atoms with van der Waals surface area (Å²) in [6.07, 6.45) is 1.91. The highest BCUT2D eigenvalue weighted by molar-refractivity contribution is 7.19. The van der Waals surface area contributed by atoms with Gasteiger partial charge in [0.05, 0.1) is 4.88 Å². The second-order valence-corrected chi connectivity index (χ2v) is 10.8. The number of benzene rings is 2. The summed E-state index contributed by atoms with van der Waals surface area (Å²) in [4.78, 5) is 19.0. The van der Waals surface area contributed by atoms with Gasteiger partial charge in [-0.15, -0.1) is 22.7 Å². The Bertz CT molecular complexity index is 1160. The number of fused-ring (bicyclic) bond motifs is 1. The number of hydrogen-bond donors (Lipinski definition) is 0. The monoisotopic (exact) mass is 476 g/mol. The third kappa shape index (κ3) is 5.46. The van der Waals surface area contributed by atoms with Crippen LogP contribution in [0.4, 0.5) is 0 Å². The van der Waals surface area contributed by atoms with Crippen molar-refractivity contribution < 1.29 is 9.53 Å². The number of rotatable bonds is 7. The molecule has 1 aliphatic rings. The number of ether oxygens (including phenoxy) is 1. The van der Waals surface area contributed by atoms with E-state index in [1.54, 1.807) is 0 Å². The van der Waals surface area contributed by atoms with E-state index in [9.17, 15) is 4.79 Å². The normalized spacial score (nSPS) is 14.8. The summed E-state index contributed by atoms with van der Waals surface area (Å²) in [5, 5.41) is 3.28. The average molecular weight is 477 g/mol. The van der Waals surface area contributed by atoms with Crippen LogP contribution < -0.4 is 4.74 Å². The lowest BCUT2D eigenvalue weighted by atomic mass is 10.1. The van der Waals surface area contributed by atoms with Crippen molar-refractivity contribution in [1.29, 1.82) is 0 Å². The summed E-state index contributed by atoms with van der Waals surface area (Å²) in [5.74, 6) is 1.06. The standard InChI is InChI=1S/C27H28N2O2S2/c1-28(19-24-17-21-5-2-3-6-25(21)33-24)18-20-8-10-22(11-9-20)31-23-12-14-29(15-13-23)27(30)26-7-4-16-32-26/h2-11,16-17,23H,12-15,18-19H2,1H3. The Morgan fingerprint density at radius 2 is 1.82 bits per heavy atom. The first kappa shape index (κ1) is 22.1. The smallest absolute Gasteiger partial charge is 0.263 e. The Hall–Kier alpha value is -2.67. The zero-order valence-electron chi connectivity index (χ0n) is 18.8. The van der Waals surface area contributed by atoms with E-state index in [0.717, 1.165) is 49.6 Å². The van der Waals surface area contributed by atoms with Crippen LogP contribution in [0.3, 0.4) is 0 Å². The first-order valence-corrected chi connectivity index (χ1v) is 13.1. The molecule has 170 valence electrons. The lowest BCUT2D eigenvalue weighted by Crippen LogP contribution is -2.41. The number of piperidine rings is 1. The Morgan fingerprint density at radius 1 is 1.03 bits per heavy atom. The lowest BCUT2D eigenvalue weighted by molar-refractivity contribution is 0.0600. The van der Waals surface area contributed by atoms with Crippen LogP contribution >= 0.6 is 22.7 Å². The second-order valence-electron chi connectivity index (χ2n) is 8.65. The Kier molecular flexibility index (Phi) is 6.76. The van der Waals surface area contributed by atoms with Crippen LogP contribution in [-0.2, 0) is 13.1 Å². The fraction of sp³-hybridized carbons (Fsp3) is 0.296. The number of thiophene rings is 2. The molecule has 0 N–H and O–H groups in total. The molecule has 3 heterocycles. The van der Waals surface area contributed by atoms with Crippen molar-refractivity contribution in [3.05, 3.63) is 87.4 Å². The summed E-state index contributed by atoms with van der Waals surface area (Å²) in [6, 6.07) is 23.2. The molecule has 0 spiro atoms. The first-order valence-electron chi connectivity index (χ1n) is 11.4. The van der Waals surface area contributed by atoms with E-state index >= 15 is 0 Å². The SMILES string of the molecule is CN(Cc1ccc(OC2CCN(C(=O)c3cccs3)CC2)cc1)Cc1cc2ccccc2s1. The Labute approximate surface area is 203 Å². The van der Waals surface area contributed by atoms with Crippen molar-refractivity contribution >= 4 is 38.7 Å². The number of carbonyl (C=O) groups excluding carboxylic acids is 1. The largest absolute Gasteiger partial charge is 0.490 e. The summed E-state index contributed by atoms with van der Waals surface area (Å²) < 4.78 is 7.57. The lowest BCUT2D eigenvalue weighted by Gasteiger charge is -2.32. The molecule has 0 saturated carbocycles. The van der Waals surface area contributed by atoms with Crippen LogP contribution in [0.1, 0.15) is 33.0 Å². The number of carbonyl (C=O) groups is 1. The molecule has 1 saturated heterocycles. The highest BCUT2D eigenvalue weighted by Crippen LogP contribution is 2.27. The minimum absolute atomic E-state index is 0.146. The molecule has 33 heavy (non-hydrogen) atoms. The molecule has 0 unspecified atom stereocenters. The predicted octanol–water partition coefficient (Wildman–Crippen LogP) is 6.28. The maximum atomic E-state index is 12.5. The maximum absolute atomic E-state index is 12.5. The quantitative estimate of drug-likeness (QED) is 0.315. The molecule has 6 heteroatoms. The van der Waals surface area contributed by atoms with E-state index in [-0.39, 0.29) is 12.0 Å². The average Bonchev–Trinajstić information content (AvgIpc) is 3.50. The zero-order valence-corrected chi connectivity index (χ0v) is 20.4. The van der Waals surface area contributed by atoms with Gasteiger partial charge in [0.25, 0.3) is 5.91 Å². The Morgan fingerprint density at radius 3 is 2.55 bits per heavy atom. The summed E-state index contributed by atoms with van der Waals surface area (Å²) in [7, 11) is 2.17. The summed E-state index contributed by atoms with van der Waals surface area (Å²) in [5.41, 5.74) is 1.28. The molecule has 5 rings (SSSR count). The Balaban J connectivity index is 1.10. The second kappa shape index (κ2) is 10.1. The fourth-order valence-corrected chi connectivity index (χ4v) is 6.18. The van der Waals surface area contributed by atoms with Crippen molar-refractivity contribution in [1.82, 2.24) is 9.80 Å². The third-order valence-corrected chi connectivity index (χ3v) is 8.00. The van der Waals surface area contributed by atoms with Gasteiger partial charge in [0, 0.05) is 48.6 Å². The van der Waals surface area contributed by atoms with Gasteiger partial charge in [-0.2, -0.15) is 0 Å². The molecule has 4 nitrogen and oxygen atoms in total. The van der Waals surface area contributed by atoms with E-state index in [4.69, 9.17) is 4.74 Å². The fourth-order valence-electron chi connectivity index (χ4n) is 4.35. The molecule has 1 amide bonds. The minimum Gasteiger partial charge on any atom is -0.490 e. The van der Waals surface area contributed by atoms with Gasteiger partial charge >= 0.3 is 0 Å². The van der Waals surface area contributed by atoms with E-state index in [0.29, 0.717) is 0 Å². The van der Waals surface area contributed by atoms with Crippen molar-refractivity contribution in [2.24, 2.45) is 0 Å². The first-order chi connectivity index (χ1) is 16.1. The van der Waals surface area contributed by atoms with Gasteiger partial charge in [-0.1, -0.05) is 36.4 Å². The van der Waals surface area contributed by atoms with Crippen LogP contribution in [0.15, 0.2) is 72.1 Å². The molecule has 0 atom stereocenters. The van der Waals surface area contributed by atoms with E-state index in [1.165, 1.54) is 31.9 Å². The van der Waals surface area contributed by atoms with Gasteiger partial charge in [0.2, 0.25) is 0 Å². The molecule has 4 aromatic rings. The van der Waals surface area contributed by atoms with Gasteiger partial charge in [-0.25, -0.2) is 0 Å². The maximum Gasteiger partial charge on any atom is 0.263 e. The number of likely N-dealkylation sites (tertiary alicyclic amines) is 1. The van der Waals surface area contributed by atoms with Gasteiger partial charge in [0.15, 0.2) is 0 Å². The van der Waals surface area contributed by atoms with E-state index in [2.05, 4.69) is 66.5 Å². The highest BCUT2D eigenvalue weighted by Gasteiger charge is 2.25. The molecule has 0 bridgehead atoms. The van der Waals surface area contributed by atoms with Gasteiger partial charge in [-0.05, 0) is 53.7 Å². The van der Waals surface area contributed by atoms with Gasteiger partial charge in [0.1, 0.15) is 11.9 Å². The molecule has 2 aromatic carbocycles. The van der Waals surface area contributed by atoms with E-state index in [1.807, 2.05) is 33.7 Å². The highest BCUT2D eigenvalue weighted by atomic mass is 32.1. The summed E-state index contributed by atoms with van der Waals surface area (Å²) in [6.45, 7) is 3.35. The van der Waals surface area contributed by atoms with E-state index < -0.39 is 0 Å². The number of amides is 1. The van der Waals surface area contributed by atoms with Crippen molar-refractivity contribution in [3.63, 3.8) is 0 Å². The van der Waals surface area contributed by atoms with Crippen LogP contribution in [0.2, 0.25) is 0 Å². The summed E-state index contributed by atoms with van der Waals surface area (Å²) >= 11 is 3.38. The van der Waals surface area contributed by atoms with Crippen molar-refractivity contribution in [2.75, 3.05) is 20.1 Å². The zero-order chi connectivity index (χ0) is 22.6. The van der Waals surface area contributed by atoms with Crippen LogP contribution in [0.25, 0.3) is 10.1 Å². The molecular weight excluding hydrogens is 448 g/mol. The van der Waals surface area contributed by atoms with Crippen LogP contribution in [0.5, 0.6) is 5.75 Å². The van der Waals surface area contributed by atoms with Crippen LogP contribution in [0, 0.1) is 0 Å². The number of hydrogen-bond acceptors (Lipinski definition) is 5. The topological polar surface area (TPSA) is 32.8 Å². The molecule has 1 fully saturated rings. The van der Waals surface area contributed by atoms with Gasteiger partial charge < -0.3 is 9.64 Å². The minimum atomic E-state index is 0.146. The number of nitrogens with zero attached hydrogens (tertiary/aromatic N) is 2. The molecular formula is C27H28N2O2S2. The molecule has 1 aliphatic heterocycles. The molecule has 0 aliphatic carbocycles. The molecule has 2 aromatic heterocycles. The van der Waals surface area contributed by atoms with Crippen molar-refractivity contribution in [2.45, 2.75) is 32.0 Å². The van der Waals surface area contributed by atoms with Crippen molar-refractivity contribution in [3.8, 4) is 5.75 Å².